The zero-order valence-corrected chi connectivity index (χ0v) is 14.7. The summed E-state index contributed by atoms with van der Waals surface area (Å²) in [6.07, 6.45) is 3.17. The maximum atomic E-state index is 11.6. The number of sulfone groups is 1. The van der Waals surface area contributed by atoms with Gasteiger partial charge in [-0.15, -0.1) is 12.4 Å². The summed E-state index contributed by atoms with van der Waals surface area (Å²) in [6.45, 7) is 0. The van der Waals surface area contributed by atoms with Crippen LogP contribution in [0.3, 0.4) is 0 Å². The standard InChI is InChI=1S/C16H17N3O2S.ClH/c1-18(2)16-15(17-14-6-4-5-11-19(14)16)12-7-9-13(10-8-12)22(3,20)21;/h4-11H,1-3H3;1H. The van der Waals surface area contributed by atoms with Gasteiger partial charge in [-0.2, -0.15) is 0 Å². The van der Waals surface area contributed by atoms with E-state index in [-0.39, 0.29) is 12.4 Å². The predicted molar refractivity (Wildman–Crippen MR) is 95.3 cm³/mol. The summed E-state index contributed by atoms with van der Waals surface area (Å²) in [7, 11) is 0.737. The van der Waals surface area contributed by atoms with E-state index in [0.717, 1.165) is 22.7 Å². The number of rotatable bonds is 3. The average Bonchev–Trinajstić information content (AvgIpc) is 2.86. The van der Waals surface area contributed by atoms with Gasteiger partial charge in [-0.1, -0.05) is 18.2 Å². The number of nitrogens with zero attached hydrogens (tertiary/aromatic N) is 3. The number of anilines is 1. The average molecular weight is 352 g/mol. The van der Waals surface area contributed by atoms with E-state index < -0.39 is 9.84 Å². The third-order valence-electron chi connectivity index (χ3n) is 3.48. The molecular weight excluding hydrogens is 334 g/mol. The second kappa shape index (κ2) is 6.22. The van der Waals surface area contributed by atoms with Crippen LogP contribution in [0.25, 0.3) is 16.9 Å². The van der Waals surface area contributed by atoms with Crippen LogP contribution in [0.1, 0.15) is 0 Å². The Morgan fingerprint density at radius 2 is 1.70 bits per heavy atom. The van der Waals surface area contributed by atoms with Crippen molar-refractivity contribution in [2.45, 2.75) is 4.90 Å². The minimum Gasteiger partial charge on any atom is -0.362 e. The quantitative estimate of drug-likeness (QED) is 0.728. The lowest BCUT2D eigenvalue weighted by molar-refractivity contribution is 0.602. The Hall–Kier alpha value is -2.05. The van der Waals surface area contributed by atoms with Crippen LogP contribution in [0.5, 0.6) is 0 Å². The zero-order chi connectivity index (χ0) is 15.9. The van der Waals surface area contributed by atoms with Crippen LogP contribution in [0.4, 0.5) is 5.82 Å². The number of fused-ring (bicyclic) bond motifs is 1. The molecule has 0 aliphatic heterocycles. The van der Waals surface area contributed by atoms with Crippen LogP contribution in [0.2, 0.25) is 0 Å². The van der Waals surface area contributed by atoms with Crippen molar-refractivity contribution in [1.82, 2.24) is 9.38 Å². The molecular formula is C16H18ClN3O2S. The topological polar surface area (TPSA) is 54.7 Å². The Balaban J connectivity index is 0.00000192. The van der Waals surface area contributed by atoms with Crippen LogP contribution >= 0.6 is 12.4 Å². The van der Waals surface area contributed by atoms with E-state index >= 15 is 0 Å². The van der Waals surface area contributed by atoms with Crippen molar-refractivity contribution in [2.24, 2.45) is 0 Å². The molecule has 1 aromatic carbocycles. The van der Waals surface area contributed by atoms with Gasteiger partial charge in [0.1, 0.15) is 17.2 Å². The van der Waals surface area contributed by atoms with E-state index in [2.05, 4.69) is 4.98 Å². The summed E-state index contributed by atoms with van der Waals surface area (Å²) < 4.78 is 25.2. The van der Waals surface area contributed by atoms with Crippen LogP contribution in [-0.4, -0.2) is 38.2 Å². The Labute approximate surface area is 141 Å². The number of imidazole rings is 1. The van der Waals surface area contributed by atoms with E-state index in [1.807, 2.05) is 47.8 Å². The molecule has 122 valence electrons. The lowest BCUT2D eigenvalue weighted by atomic mass is 10.1. The highest BCUT2D eigenvalue weighted by Crippen LogP contribution is 2.30. The fourth-order valence-corrected chi connectivity index (χ4v) is 3.09. The summed E-state index contributed by atoms with van der Waals surface area (Å²) in [6, 6.07) is 12.7. The lowest BCUT2D eigenvalue weighted by Crippen LogP contribution is -2.12. The molecule has 0 aliphatic rings. The maximum Gasteiger partial charge on any atom is 0.175 e. The van der Waals surface area contributed by atoms with E-state index in [9.17, 15) is 8.42 Å². The summed E-state index contributed by atoms with van der Waals surface area (Å²) in [5.41, 5.74) is 2.57. The highest BCUT2D eigenvalue weighted by molar-refractivity contribution is 7.90. The molecule has 0 unspecified atom stereocenters. The van der Waals surface area contributed by atoms with E-state index in [1.165, 1.54) is 6.26 Å². The van der Waals surface area contributed by atoms with Crippen molar-refractivity contribution in [3.05, 3.63) is 48.7 Å². The van der Waals surface area contributed by atoms with Gasteiger partial charge in [-0.05, 0) is 24.3 Å². The Morgan fingerprint density at radius 1 is 1.04 bits per heavy atom. The first-order valence-electron chi connectivity index (χ1n) is 6.83. The minimum absolute atomic E-state index is 0. The van der Waals surface area contributed by atoms with Crippen molar-refractivity contribution in [2.75, 3.05) is 25.3 Å². The highest BCUT2D eigenvalue weighted by atomic mass is 35.5. The third-order valence-corrected chi connectivity index (χ3v) is 4.61. The highest BCUT2D eigenvalue weighted by Gasteiger charge is 2.16. The molecule has 0 fully saturated rings. The van der Waals surface area contributed by atoms with Crippen LogP contribution < -0.4 is 4.90 Å². The Morgan fingerprint density at radius 3 is 2.26 bits per heavy atom. The molecule has 3 aromatic rings. The Kier molecular flexibility index (Phi) is 4.68. The monoisotopic (exact) mass is 351 g/mol. The van der Waals surface area contributed by atoms with Gasteiger partial charge in [0.15, 0.2) is 9.84 Å². The number of pyridine rings is 1. The van der Waals surface area contributed by atoms with Crippen molar-refractivity contribution >= 4 is 33.7 Å². The van der Waals surface area contributed by atoms with E-state index in [0.29, 0.717) is 4.90 Å². The van der Waals surface area contributed by atoms with Gasteiger partial charge in [0.05, 0.1) is 4.90 Å². The molecule has 0 saturated heterocycles. The second-order valence-corrected chi connectivity index (χ2v) is 7.42. The van der Waals surface area contributed by atoms with Gasteiger partial charge < -0.3 is 4.90 Å². The van der Waals surface area contributed by atoms with Crippen LogP contribution in [-0.2, 0) is 9.84 Å². The van der Waals surface area contributed by atoms with Crippen molar-refractivity contribution in [3.63, 3.8) is 0 Å². The molecule has 0 spiro atoms. The molecule has 2 aromatic heterocycles. The van der Waals surface area contributed by atoms with Gasteiger partial charge in [-0.3, -0.25) is 4.40 Å². The molecule has 0 aliphatic carbocycles. The molecule has 2 heterocycles. The number of halogens is 1. The first-order valence-corrected chi connectivity index (χ1v) is 8.72. The molecule has 5 nitrogen and oxygen atoms in total. The summed E-state index contributed by atoms with van der Waals surface area (Å²) in [5, 5.41) is 0. The smallest absolute Gasteiger partial charge is 0.175 e. The van der Waals surface area contributed by atoms with Crippen molar-refractivity contribution in [3.8, 4) is 11.3 Å². The molecule has 0 radical (unpaired) electrons. The molecule has 0 bridgehead atoms. The first-order chi connectivity index (χ1) is 10.4. The fourth-order valence-electron chi connectivity index (χ4n) is 2.46. The van der Waals surface area contributed by atoms with Gasteiger partial charge in [-0.25, -0.2) is 13.4 Å². The molecule has 0 N–H and O–H groups in total. The van der Waals surface area contributed by atoms with Crippen molar-refractivity contribution in [1.29, 1.82) is 0 Å². The zero-order valence-electron chi connectivity index (χ0n) is 13.1. The number of benzene rings is 1. The number of hydrogen-bond acceptors (Lipinski definition) is 4. The molecule has 3 rings (SSSR count). The summed E-state index contributed by atoms with van der Waals surface area (Å²) in [5.74, 6) is 0.961. The molecule has 7 heteroatoms. The third kappa shape index (κ3) is 3.18. The molecule has 0 saturated carbocycles. The lowest BCUT2D eigenvalue weighted by Gasteiger charge is -2.14. The first kappa shape index (κ1) is 17.3. The number of aromatic nitrogens is 2. The minimum atomic E-state index is -3.19. The molecule has 0 amide bonds. The molecule has 23 heavy (non-hydrogen) atoms. The van der Waals surface area contributed by atoms with Gasteiger partial charge in [0.25, 0.3) is 0 Å². The van der Waals surface area contributed by atoms with Gasteiger partial charge >= 0.3 is 0 Å². The van der Waals surface area contributed by atoms with Crippen molar-refractivity contribution < 1.29 is 8.42 Å². The van der Waals surface area contributed by atoms with Crippen LogP contribution in [0, 0.1) is 0 Å². The summed E-state index contributed by atoms with van der Waals surface area (Å²) in [4.78, 5) is 6.98. The van der Waals surface area contributed by atoms with Gasteiger partial charge in [0.2, 0.25) is 0 Å². The van der Waals surface area contributed by atoms with Gasteiger partial charge in [0, 0.05) is 32.1 Å². The SMILES string of the molecule is CN(C)c1c(-c2ccc(S(C)(=O)=O)cc2)nc2ccccn12.Cl. The largest absolute Gasteiger partial charge is 0.362 e. The van der Waals surface area contributed by atoms with E-state index in [1.54, 1.807) is 24.3 Å². The predicted octanol–water partition coefficient (Wildman–Crippen LogP) is 2.89. The fraction of sp³-hybridized carbons (Fsp3) is 0.188. The normalized spacial score (nSPS) is 11.3. The second-order valence-electron chi connectivity index (χ2n) is 5.40. The van der Waals surface area contributed by atoms with E-state index in [4.69, 9.17) is 0 Å². The number of hydrogen-bond donors (Lipinski definition) is 0. The Bertz CT molecular complexity index is 932. The van der Waals surface area contributed by atoms with Crippen LogP contribution in [0.15, 0.2) is 53.6 Å². The molecule has 0 atom stereocenters. The summed E-state index contributed by atoms with van der Waals surface area (Å²) >= 11 is 0. The maximum absolute atomic E-state index is 11.6.